The van der Waals surface area contributed by atoms with E-state index in [1.165, 1.54) is 60.0 Å². The number of primary amides is 1. The van der Waals surface area contributed by atoms with Gasteiger partial charge in [0, 0.05) is 23.3 Å². The molecule has 18 nitrogen and oxygen atoms in total. The fraction of sp³-hybridized carbons (Fsp3) is 0.184. The van der Waals surface area contributed by atoms with Gasteiger partial charge in [-0.25, -0.2) is 22.8 Å². The lowest BCUT2D eigenvalue weighted by atomic mass is 10.2. The number of benzene rings is 2. The smallest absolute Gasteiger partial charge is 0.352 e. The van der Waals surface area contributed by atoms with Crippen LogP contribution in [0.5, 0.6) is 5.88 Å². The van der Waals surface area contributed by atoms with Gasteiger partial charge in [0.25, 0.3) is 23.5 Å². The van der Waals surface area contributed by atoms with E-state index in [1.807, 2.05) is 0 Å². The molecule has 7 aromatic rings. The zero-order valence-electron chi connectivity index (χ0n) is 31.8. The highest BCUT2D eigenvalue weighted by molar-refractivity contribution is 5.97. The predicted molar refractivity (Wildman–Crippen MR) is 206 cm³/mol. The lowest BCUT2D eigenvalue weighted by molar-refractivity contribution is -0.162. The zero-order valence-corrected chi connectivity index (χ0v) is 32.6. The number of alkyl halides is 1. The van der Waals surface area contributed by atoms with Gasteiger partial charge >= 0.3 is 11.9 Å². The average molecular weight is 872 g/mol. The van der Waals surface area contributed by atoms with Crippen LogP contribution in [0.25, 0.3) is 34.3 Å². The predicted octanol–water partition coefficient (Wildman–Crippen LogP) is 5.02. The first kappa shape index (κ1) is 46.1. The molecule has 4 N–H and O–H groups in total. The normalized spacial score (nSPS) is 10.5. The first-order valence-electron chi connectivity index (χ1n) is 17.5. The number of hydrogen-bond donors (Lipinski definition) is 3. The van der Waals surface area contributed by atoms with E-state index in [4.69, 9.17) is 14.8 Å². The van der Waals surface area contributed by atoms with Crippen LogP contribution in [0, 0.1) is 17.5 Å². The Kier molecular flexibility index (Phi) is 16.2. The summed E-state index contributed by atoms with van der Waals surface area (Å²) < 4.78 is 74.7. The molecule has 2 aromatic carbocycles. The van der Waals surface area contributed by atoms with Crippen molar-refractivity contribution in [3.8, 4) is 40.2 Å². The highest BCUT2D eigenvalue weighted by Crippen LogP contribution is 2.26. The summed E-state index contributed by atoms with van der Waals surface area (Å²) in [5.74, 6) is -6.39. The van der Waals surface area contributed by atoms with Crippen molar-refractivity contribution in [3.05, 3.63) is 130 Å². The Labute approximate surface area is 347 Å². The Bertz CT molecular complexity index is 2600. The van der Waals surface area contributed by atoms with Crippen molar-refractivity contribution in [2.24, 2.45) is 5.73 Å². The van der Waals surface area contributed by atoms with Crippen LogP contribution in [-0.2, 0) is 32.2 Å². The number of nitrogens with two attached hydrogens (primary N) is 1. The highest BCUT2D eigenvalue weighted by Gasteiger charge is 2.28. The Hall–Kier alpha value is -7.62. The second-order valence-corrected chi connectivity index (χ2v) is 11.9. The van der Waals surface area contributed by atoms with Crippen molar-refractivity contribution in [1.82, 2.24) is 39.8 Å². The van der Waals surface area contributed by atoms with E-state index in [0.29, 0.717) is 33.9 Å². The summed E-state index contributed by atoms with van der Waals surface area (Å²) in [7, 11) is 0. The van der Waals surface area contributed by atoms with Crippen LogP contribution < -0.4 is 11.3 Å². The van der Waals surface area contributed by atoms with Crippen LogP contribution in [0.4, 0.5) is 17.6 Å². The molecule has 0 aliphatic carbocycles. The lowest BCUT2D eigenvalue weighted by Crippen LogP contribution is -2.29. The summed E-state index contributed by atoms with van der Waals surface area (Å²) in [6, 6.07) is 18.8. The summed E-state index contributed by atoms with van der Waals surface area (Å²) in [6.07, 6.45) is 0.448. The number of rotatable bonds is 12. The molecule has 0 saturated heterocycles. The van der Waals surface area contributed by atoms with Gasteiger partial charge < -0.3 is 34.3 Å². The van der Waals surface area contributed by atoms with Crippen molar-refractivity contribution in [3.63, 3.8) is 0 Å². The fourth-order valence-electron chi connectivity index (χ4n) is 5.08. The molecular weight excluding hydrogens is 838 g/mol. The van der Waals surface area contributed by atoms with E-state index >= 15 is 0 Å². The van der Waals surface area contributed by atoms with Crippen molar-refractivity contribution < 1.29 is 55.6 Å². The molecule has 61 heavy (non-hydrogen) atoms. The Morgan fingerprint density at radius 2 is 1.28 bits per heavy atom. The quantitative estimate of drug-likeness (QED) is 0.0829. The van der Waals surface area contributed by atoms with Gasteiger partial charge in [-0.3, -0.25) is 19.0 Å². The lowest BCUT2D eigenvalue weighted by Gasteiger charge is -2.06. The van der Waals surface area contributed by atoms with E-state index in [-0.39, 0.29) is 61.7 Å². The van der Waals surface area contributed by atoms with Crippen LogP contribution in [0.1, 0.15) is 35.5 Å². The molecule has 0 radical (unpaired) electrons. The third-order valence-electron chi connectivity index (χ3n) is 7.84. The minimum absolute atomic E-state index is 0. The van der Waals surface area contributed by atoms with Crippen LogP contribution in [0.15, 0.2) is 99.2 Å². The van der Waals surface area contributed by atoms with Crippen LogP contribution in [-0.4, -0.2) is 82.2 Å². The zero-order chi connectivity index (χ0) is 43.3. The average Bonchev–Trinajstić information content (AvgIpc) is 4.07. The molecule has 0 aliphatic heterocycles. The number of halogens is 5. The topological polar surface area (TPSA) is 249 Å². The minimum atomic E-state index is -2.31. The third-order valence-corrected chi connectivity index (χ3v) is 7.84. The maximum Gasteiger partial charge on any atom is 0.352 e. The van der Waals surface area contributed by atoms with Crippen molar-refractivity contribution in [2.75, 3.05) is 13.2 Å². The standard InChI is InChI=1S/C17H11F2N5O3.C14H11FN4O2.C7H11FO4.ClH/c18-10-4-2-1-3-9(10)8-24-13(11-5-6-27-23-11)7-12(22-24)15-20-16(25)14(19)17(26)21-15;15-10-4-2-1-3-9(10)8-19-13(11-5-6-21-18-11)7-12(17-19)14(16)20;1-3-11-6(9)5(8)7(10)12-4-2;/h1-7H,8H2,(H2,20,21,25,26);1-7H,8H2,(H2,16,20);5H,3-4H2,1-2H3;1H. The van der Waals surface area contributed by atoms with Crippen molar-refractivity contribution in [2.45, 2.75) is 33.1 Å². The number of nitrogens with zero attached hydrogens (tertiary/aromatic N) is 7. The van der Waals surface area contributed by atoms with Crippen LogP contribution >= 0.6 is 12.4 Å². The summed E-state index contributed by atoms with van der Waals surface area (Å²) in [6.45, 7) is 3.34. The summed E-state index contributed by atoms with van der Waals surface area (Å²) in [5, 5.41) is 25.5. The van der Waals surface area contributed by atoms with Gasteiger partial charge in [-0.2, -0.15) is 19.6 Å². The molecule has 23 heteroatoms. The third kappa shape index (κ3) is 11.7. The molecule has 0 aliphatic rings. The number of hydrogen-bond acceptors (Lipinski definition) is 14. The number of H-pyrrole nitrogens is 1. The molecule has 1 amide bonds. The second-order valence-electron chi connectivity index (χ2n) is 11.9. The van der Waals surface area contributed by atoms with Gasteiger partial charge in [0.15, 0.2) is 11.5 Å². The molecule has 7 rings (SSSR count). The Morgan fingerprint density at radius 1 is 0.787 bits per heavy atom. The fourth-order valence-corrected chi connectivity index (χ4v) is 5.08. The first-order chi connectivity index (χ1) is 28.8. The monoisotopic (exact) mass is 871 g/mol. The number of nitrogens with one attached hydrogen (secondary N) is 1. The second kappa shape index (κ2) is 21.4. The maximum atomic E-state index is 14.0. The van der Waals surface area contributed by atoms with E-state index in [9.17, 15) is 41.8 Å². The molecular formula is C38H34ClF4N9O9. The SMILES string of the molecule is CCOC(=O)C(F)C(=O)OCC.Cl.NC(=O)c1cc(-c2ccon2)n(Cc2ccccc2F)n1.O=c1[nH]c(-c2cc(-c3ccon3)n(Cc3ccccc3F)n2)nc(O)c1F. The largest absolute Gasteiger partial charge is 0.491 e. The van der Waals surface area contributed by atoms with Crippen molar-refractivity contribution in [1.29, 1.82) is 0 Å². The molecule has 0 saturated carbocycles. The first-order valence-corrected chi connectivity index (χ1v) is 17.5. The van der Waals surface area contributed by atoms with E-state index in [1.54, 1.807) is 48.5 Å². The van der Waals surface area contributed by atoms with E-state index < -0.39 is 47.1 Å². The molecule has 0 fully saturated rings. The number of ether oxygens (including phenoxy) is 2. The van der Waals surface area contributed by atoms with Gasteiger partial charge in [-0.1, -0.05) is 46.7 Å². The molecule has 0 atom stereocenters. The van der Waals surface area contributed by atoms with Gasteiger partial charge in [-0.05, 0) is 38.1 Å². The van der Waals surface area contributed by atoms with Gasteiger partial charge in [-0.15, -0.1) is 12.4 Å². The number of aromatic nitrogens is 8. The number of carbonyl (C=O) groups excluding carboxylic acids is 3. The Morgan fingerprint density at radius 3 is 1.72 bits per heavy atom. The Balaban J connectivity index is 0.000000215. The van der Waals surface area contributed by atoms with Crippen LogP contribution in [0.3, 0.4) is 0 Å². The minimum Gasteiger partial charge on any atom is -0.491 e. The number of amides is 1. The summed E-state index contributed by atoms with van der Waals surface area (Å²) in [4.78, 5) is 49.7. The molecule has 320 valence electrons. The highest BCUT2D eigenvalue weighted by atomic mass is 35.5. The number of aromatic amines is 1. The summed E-state index contributed by atoms with van der Waals surface area (Å²) >= 11 is 0. The van der Waals surface area contributed by atoms with Crippen molar-refractivity contribution >= 4 is 30.3 Å². The van der Waals surface area contributed by atoms with E-state index in [2.05, 4.69) is 40.0 Å². The summed E-state index contributed by atoms with van der Waals surface area (Å²) in [5.41, 5.74) is 7.04. The molecule has 0 bridgehead atoms. The molecule has 0 spiro atoms. The molecule has 0 unspecified atom stereocenters. The van der Waals surface area contributed by atoms with E-state index in [0.717, 1.165) is 0 Å². The van der Waals surface area contributed by atoms with Crippen LogP contribution in [0.2, 0.25) is 0 Å². The van der Waals surface area contributed by atoms with Gasteiger partial charge in [0.05, 0.1) is 37.7 Å². The number of carbonyl (C=O) groups is 3. The molecule has 5 heterocycles. The molecule has 5 aromatic heterocycles. The number of esters is 2. The van der Waals surface area contributed by atoms with Gasteiger partial charge in [0.2, 0.25) is 5.82 Å². The van der Waals surface area contributed by atoms with Gasteiger partial charge in [0.1, 0.15) is 41.2 Å². The number of aromatic hydroxyl groups is 1. The maximum absolute atomic E-state index is 14.0.